The van der Waals surface area contributed by atoms with Crippen LogP contribution in [0.3, 0.4) is 0 Å². The van der Waals surface area contributed by atoms with Crippen LogP contribution >= 0.6 is 0 Å². The van der Waals surface area contributed by atoms with Gasteiger partial charge in [0.2, 0.25) is 0 Å². The first-order chi connectivity index (χ1) is 12.9. The van der Waals surface area contributed by atoms with Crippen LogP contribution in [0.15, 0.2) is 83.8 Å². The van der Waals surface area contributed by atoms with Crippen molar-refractivity contribution in [3.05, 3.63) is 100 Å². The summed E-state index contributed by atoms with van der Waals surface area (Å²) in [5.41, 5.74) is 0.240. The Kier molecular flexibility index (Phi) is 5.00. The molecule has 0 aliphatic carbocycles. The van der Waals surface area contributed by atoms with E-state index >= 15 is 0 Å². The number of nitro benzene ring substituents is 1. The lowest BCUT2D eigenvalue weighted by Crippen LogP contribution is -2.13. The zero-order chi connectivity index (χ0) is 19.4. The molecule has 0 unspecified atom stereocenters. The second kappa shape index (κ2) is 7.38. The highest BCUT2D eigenvalue weighted by Crippen LogP contribution is 2.26. The minimum atomic E-state index is -4.27. The molecule has 3 rings (SSSR count). The van der Waals surface area contributed by atoms with Gasteiger partial charge in [-0.15, -0.1) is 0 Å². The lowest BCUT2D eigenvalue weighted by molar-refractivity contribution is -0.384. The Morgan fingerprint density at radius 1 is 0.852 bits per heavy atom. The Morgan fingerprint density at radius 3 is 2.07 bits per heavy atom. The molecule has 0 spiro atoms. The van der Waals surface area contributed by atoms with Crippen molar-refractivity contribution in [1.82, 2.24) is 0 Å². The summed E-state index contributed by atoms with van der Waals surface area (Å²) >= 11 is 0. The number of hydrogen-bond acceptors (Lipinski definition) is 6. The zero-order valence-corrected chi connectivity index (χ0v) is 14.6. The summed E-state index contributed by atoms with van der Waals surface area (Å²) in [4.78, 5) is 22.5. The van der Waals surface area contributed by atoms with Crippen molar-refractivity contribution in [2.24, 2.45) is 0 Å². The molecule has 0 saturated heterocycles. The fourth-order valence-electron chi connectivity index (χ4n) is 2.37. The summed E-state index contributed by atoms with van der Waals surface area (Å²) in [6.07, 6.45) is 0. The Morgan fingerprint density at radius 2 is 1.44 bits per heavy atom. The average molecular weight is 383 g/mol. The van der Waals surface area contributed by atoms with Gasteiger partial charge in [0.15, 0.2) is 11.5 Å². The van der Waals surface area contributed by atoms with Gasteiger partial charge in [0, 0.05) is 17.7 Å². The monoisotopic (exact) mass is 383 g/mol. The van der Waals surface area contributed by atoms with E-state index in [4.69, 9.17) is 4.18 Å². The lowest BCUT2D eigenvalue weighted by atomic mass is 10.0. The third-order valence-corrected chi connectivity index (χ3v) is 4.95. The largest absolute Gasteiger partial charge is 0.378 e. The number of ketones is 1. The summed E-state index contributed by atoms with van der Waals surface area (Å²) in [6, 6.07) is 18.7. The number of carbonyl (C=O) groups is 1. The van der Waals surface area contributed by atoms with Crippen LogP contribution in [0.4, 0.5) is 5.69 Å². The van der Waals surface area contributed by atoms with Crippen LogP contribution in [-0.2, 0) is 10.1 Å². The first kappa shape index (κ1) is 18.3. The summed E-state index contributed by atoms with van der Waals surface area (Å²) in [5, 5.41) is 10.7. The second-order valence-corrected chi connectivity index (χ2v) is 7.03. The van der Waals surface area contributed by atoms with E-state index in [0.717, 1.165) is 24.3 Å². The van der Waals surface area contributed by atoms with Crippen molar-refractivity contribution in [1.29, 1.82) is 0 Å². The normalized spacial score (nSPS) is 11.0. The Balaban J connectivity index is 1.94. The first-order valence-electron chi connectivity index (χ1n) is 7.76. The van der Waals surface area contributed by atoms with Gasteiger partial charge in [-0.2, -0.15) is 8.42 Å². The van der Waals surface area contributed by atoms with E-state index in [0.29, 0.717) is 5.56 Å². The van der Waals surface area contributed by atoms with Crippen LogP contribution in [0, 0.1) is 10.1 Å². The van der Waals surface area contributed by atoms with E-state index in [2.05, 4.69) is 0 Å². The third kappa shape index (κ3) is 4.01. The number of benzene rings is 3. The maximum Gasteiger partial charge on any atom is 0.339 e. The Labute approximate surface area is 155 Å². The van der Waals surface area contributed by atoms with Crippen LogP contribution in [0.5, 0.6) is 5.75 Å². The minimum absolute atomic E-state index is 0.0918. The van der Waals surface area contributed by atoms with Gasteiger partial charge >= 0.3 is 10.1 Å². The molecule has 136 valence electrons. The molecule has 0 heterocycles. The number of nitrogens with zero attached hydrogens (tertiary/aromatic N) is 1. The third-order valence-electron chi connectivity index (χ3n) is 3.70. The average Bonchev–Trinajstić information content (AvgIpc) is 2.68. The van der Waals surface area contributed by atoms with Crippen LogP contribution in [0.25, 0.3) is 0 Å². The number of carbonyl (C=O) groups excluding carboxylic acids is 1. The van der Waals surface area contributed by atoms with Gasteiger partial charge in [0.25, 0.3) is 5.69 Å². The van der Waals surface area contributed by atoms with Gasteiger partial charge in [-0.25, -0.2) is 0 Å². The van der Waals surface area contributed by atoms with Crippen molar-refractivity contribution in [2.45, 2.75) is 4.90 Å². The van der Waals surface area contributed by atoms with Crippen molar-refractivity contribution in [3.63, 3.8) is 0 Å². The predicted molar refractivity (Wildman–Crippen MR) is 97.2 cm³/mol. The summed E-state index contributed by atoms with van der Waals surface area (Å²) in [7, 11) is -4.27. The molecule has 27 heavy (non-hydrogen) atoms. The first-order valence-corrected chi connectivity index (χ1v) is 9.17. The fourth-order valence-corrected chi connectivity index (χ4v) is 3.32. The maximum absolute atomic E-state index is 12.7. The molecular weight excluding hydrogens is 370 g/mol. The van der Waals surface area contributed by atoms with Crippen LogP contribution in [0.2, 0.25) is 0 Å². The van der Waals surface area contributed by atoms with Crippen molar-refractivity contribution < 1.29 is 22.3 Å². The number of nitro groups is 1. The van der Waals surface area contributed by atoms with Gasteiger partial charge in [-0.3, -0.25) is 14.9 Å². The number of non-ortho nitro benzene ring substituents is 1. The molecule has 0 aromatic heterocycles. The summed E-state index contributed by atoms with van der Waals surface area (Å²) in [5.74, 6) is -0.505. The smallest absolute Gasteiger partial charge is 0.339 e. The van der Waals surface area contributed by atoms with Crippen molar-refractivity contribution in [3.8, 4) is 5.75 Å². The molecular formula is C19H13NO6S. The van der Waals surface area contributed by atoms with Gasteiger partial charge in [0.1, 0.15) is 4.90 Å². The summed E-state index contributed by atoms with van der Waals surface area (Å²) < 4.78 is 30.1. The molecule has 0 aliphatic heterocycles. The van der Waals surface area contributed by atoms with E-state index in [1.54, 1.807) is 42.5 Å². The standard InChI is InChI=1S/C19H13NO6S/c21-19(14-6-2-1-3-7-14)17-8-4-5-9-18(17)26-27(24,25)16-12-10-15(11-13-16)20(22)23/h1-13H. The van der Waals surface area contributed by atoms with Gasteiger partial charge in [-0.1, -0.05) is 42.5 Å². The van der Waals surface area contributed by atoms with Crippen molar-refractivity contribution in [2.75, 3.05) is 0 Å². The SMILES string of the molecule is O=C(c1ccccc1)c1ccccc1OS(=O)(=O)c1ccc([N+](=O)[O-])cc1. The molecule has 0 bridgehead atoms. The predicted octanol–water partition coefficient (Wildman–Crippen LogP) is 3.59. The molecule has 0 aliphatic rings. The molecule has 0 saturated carbocycles. The quantitative estimate of drug-likeness (QED) is 0.279. The fraction of sp³-hybridized carbons (Fsp3) is 0. The number of para-hydroxylation sites is 1. The van der Waals surface area contributed by atoms with Crippen LogP contribution in [-0.4, -0.2) is 19.1 Å². The van der Waals surface area contributed by atoms with Crippen molar-refractivity contribution >= 4 is 21.6 Å². The van der Waals surface area contributed by atoms with Gasteiger partial charge < -0.3 is 4.18 Å². The number of rotatable bonds is 6. The molecule has 3 aromatic carbocycles. The summed E-state index contributed by atoms with van der Waals surface area (Å²) in [6.45, 7) is 0. The topological polar surface area (TPSA) is 104 Å². The minimum Gasteiger partial charge on any atom is -0.378 e. The van der Waals surface area contributed by atoms with E-state index in [1.807, 2.05) is 0 Å². The Hall–Kier alpha value is -3.52. The molecule has 3 aromatic rings. The highest BCUT2D eigenvalue weighted by Gasteiger charge is 2.22. The molecule has 7 nitrogen and oxygen atoms in total. The number of hydrogen-bond donors (Lipinski definition) is 0. The zero-order valence-electron chi connectivity index (χ0n) is 13.8. The molecule has 0 radical (unpaired) electrons. The highest BCUT2D eigenvalue weighted by molar-refractivity contribution is 7.87. The van der Waals surface area contributed by atoms with E-state index in [-0.39, 0.29) is 27.7 Å². The van der Waals surface area contributed by atoms with Crippen LogP contribution in [0.1, 0.15) is 15.9 Å². The molecule has 0 fully saturated rings. The highest BCUT2D eigenvalue weighted by atomic mass is 32.2. The molecule has 0 N–H and O–H groups in total. The van der Waals surface area contributed by atoms with Crippen LogP contribution < -0.4 is 4.18 Å². The molecule has 8 heteroatoms. The molecule has 0 amide bonds. The van der Waals surface area contributed by atoms with E-state index in [1.165, 1.54) is 12.1 Å². The lowest BCUT2D eigenvalue weighted by Gasteiger charge is -2.11. The molecule has 0 atom stereocenters. The van der Waals surface area contributed by atoms with E-state index < -0.39 is 15.0 Å². The Bertz CT molecular complexity index is 1090. The van der Waals surface area contributed by atoms with Gasteiger partial charge in [-0.05, 0) is 24.3 Å². The second-order valence-electron chi connectivity index (χ2n) is 5.48. The van der Waals surface area contributed by atoms with E-state index in [9.17, 15) is 23.3 Å². The maximum atomic E-state index is 12.7. The van der Waals surface area contributed by atoms with Gasteiger partial charge in [0.05, 0.1) is 10.5 Å².